The fourth-order valence-electron chi connectivity index (χ4n) is 2.26. The van der Waals surface area contributed by atoms with Gasteiger partial charge in [-0.15, -0.1) is 0 Å². The van der Waals surface area contributed by atoms with E-state index in [1.54, 1.807) is 24.3 Å². The van der Waals surface area contributed by atoms with Crippen LogP contribution in [0.4, 0.5) is 4.39 Å². The third-order valence-corrected chi connectivity index (χ3v) is 4.12. The molecule has 0 fully saturated rings. The SMILES string of the molecule is CC(C)(C(=O)NCc1ccc(F)c(CO)c1)c1ccc(Cl)cc1. The van der Waals surface area contributed by atoms with Crippen molar-refractivity contribution in [2.24, 2.45) is 0 Å². The third-order valence-electron chi connectivity index (χ3n) is 3.87. The molecule has 0 bridgehead atoms. The summed E-state index contributed by atoms with van der Waals surface area (Å²) >= 11 is 5.87. The lowest BCUT2D eigenvalue weighted by molar-refractivity contribution is -0.125. The number of carbonyl (C=O) groups excluding carboxylic acids is 1. The molecule has 0 aliphatic heterocycles. The molecule has 2 rings (SSSR count). The minimum atomic E-state index is -0.718. The van der Waals surface area contributed by atoms with Crippen LogP contribution in [-0.2, 0) is 23.4 Å². The van der Waals surface area contributed by atoms with Crippen molar-refractivity contribution < 1.29 is 14.3 Å². The van der Waals surface area contributed by atoms with Crippen LogP contribution in [0.25, 0.3) is 0 Å². The highest BCUT2D eigenvalue weighted by Crippen LogP contribution is 2.25. The fraction of sp³-hybridized carbons (Fsp3) is 0.278. The zero-order valence-corrected chi connectivity index (χ0v) is 13.8. The molecular weight excluding hydrogens is 317 g/mol. The molecule has 23 heavy (non-hydrogen) atoms. The number of amides is 1. The van der Waals surface area contributed by atoms with Crippen molar-refractivity contribution in [2.45, 2.75) is 32.4 Å². The second-order valence-electron chi connectivity index (χ2n) is 5.90. The van der Waals surface area contributed by atoms with Crippen LogP contribution in [0.3, 0.4) is 0 Å². The van der Waals surface area contributed by atoms with Crippen LogP contribution in [0.1, 0.15) is 30.5 Å². The summed E-state index contributed by atoms with van der Waals surface area (Å²) < 4.78 is 13.4. The molecule has 0 aromatic heterocycles. The Kier molecular flexibility index (Phi) is 5.39. The average Bonchev–Trinajstić information content (AvgIpc) is 2.54. The summed E-state index contributed by atoms with van der Waals surface area (Å²) in [4.78, 5) is 12.5. The van der Waals surface area contributed by atoms with Crippen LogP contribution in [0.15, 0.2) is 42.5 Å². The first-order chi connectivity index (χ1) is 10.8. The van der Waals surface area contributed by atoms with E-state index in [4.69, 9.17) is 16.7 Å². The molecule has 0 aliphatic carbocycles. The summed E-state index contributed by atoms with van der Waals surface area (Å²) in [6, 6.07) is 11.6. The molecule has 2 aromatic carbocycles. The second kappa shape index (κ2) is 7.11. The molecule has 0 saturated carbocycles. The molecule has 0 aliphatic rings. The summed E-state index contributed by atoms with van der Waals surface area (Å²) in [7, 11) is 0. The lowest BCUT2D eigenvalue weighted by atomic mass is 9.83. The van der Waals surface area contributed by atoms with Crippen LogP contribution >= 0.6 is 11.6 Å². The Morgan fingerprint density at radius 3 is 2.48 bits per heavy atom. The minimum Gasteiger partial charge on any atom is -0.392 e. The minimum absolute atomic E-state index is 0.144. The first-order valence-electron chi connectivity index (χ1n) is 7.27. The monoisotopic (exact) mass is 335 g/mol. The number of aliphatic hydroxyl groups excluding tert-OH is 1. The first-order valence-corrected chi connectivity index (χ1v) is 7.65. The van der Waals surface area contributed by atoms with Gasteiger partial charge < -0.3 is 10.4 Å². The highest BCUT2D eigenvalue weighted by molar-refractivity contribution is 6.30. The Labute approximate surface area is 140 Å². The molecule has 3 nitrogen and oxygen atoms in total. The molecule has 0 saturated heterocycles. The highest BCUT2D eigenvalue weighted by atomic mass is 35.5. The second-order valence-corrected chi connectivity index (χ2v) is 6.33. The van der Waals surface area contributed by atoms with Gasteiger partial charge in [-0.05, 0) is 49.2 Å². The number of rotatable bonds is 5. The summed E-state index contributed by atoms with van der Waals surface area (Å²) in [5.41, 5.74) is 1.09. The van der Waals surface area contributed by atoms with Gasteiger partial charge in [-0.1, -0.05) is 29.8 Å². The van der Waals surface area contributed by atoms with E-state index in [0.29, 0.717) is 5.02 Å². The molecule has 0 spiro atoms. The number of hydrogen-bond donors (Lipinski definition) is 2. The largest absolute Gasteiger partial charge is 0.392 e. The lowest BCUT2D eigenvalue weighted by Crippen LogP contribution is -2.39. The van der Waals surface area contributed by atoms with E-state index < -0.39 is 11.2 Å². The maximum Gasteiger partial charge on any atom is 0.230 e. The van der Waals surface area contributed by atoms with Crippen LogP contribution in [0.5, 0.6) is 0 Å². The van der Waals surface area contributed by atoms with Gasteiger partial charge in [0.1, 0.15) is 5.82 Å². The van der Waals surface area contributed by atoms with E-state index in [2.05, 4.69) is 5.32 Å². The molecule has 0 heterocycles. The Hall–Kier alpha value is -1.91. The maximum atomic E-state index is 13.4. The van der Waals surface area contributed by atoms with Crippen LogP contribution in [0.2, 0.25) is 5.02 Å². The quantitative estimate of drug-likeness (QED) is 0.877. The van der Waals surface area contributed by atoms with E-state index in [1.807, 2.05) is 26.0 Å². The zero-order valence-electron chi connectivity index (χ0n) is 13.1. The molecule has 2 aromatic rings. The standard InChI is InChI=1S/C18H19ClFNO2/c1-18(2,14-4-6-15(19)7-5-14)17(23)21-10-12-3-8-16(20)13(9-12)11-22/h3-9,22H,10-11H2,1-2H3,(H,21,23). The molecule has 5 heteroatoms. The zero-order chi connectivity index (χ0) is 17.0. The molecular formula is C18H19ClFNO2. The van der Waals surface area contributed by atoms with E-state index in [9.17, 15) is 9.18 Å². The van der Waals surface area contributed by atoms with Crippen molar-refractivity contribution in [3.63, 3.8) is 0 Å². The van der Waals surface area contributed by atoms with Gasteiger partial charge >= 0.3 is 0 Å². The number of halogens is 2. The first kappa shape index (κ1) is 17.4. The Morgan fingerprint density at radius 2 is 1.87 bits per heavy atom. The molecule has 0 atom stereocenters. The Morgan fingerprint density at radius 1 is 1.22 bits per heavy atom. The number of hydrogen-bond acceptors (Lipinski definition) is 2. The number of benzene rings is 2. The maximum absolute atomic E-state index is 13.4. The van der Waals surface area contributed by atoms with E-state index >= 15 is 0 Å². The van der Waals surface area contributed by atoms with Crippen molar-refractivity contribution in [3.05, 3.63) is 70.0 Å². The van der Waals surface area contributed by atoms with Gasteiger partial charge in [0.2, 0.25) is 5.91 Å². The van der Waals surface area contributed by atoms with Gasteiger partial charge in [-0.2, -0.15) is 0 Å². The van der Waals surface area contributed by atoms with E-state index in [1.165, 1.54) is 6.07 Å². The Balaban J connectivity index is 2.07. The van der Waals surface area contributed by atoms with E-state index in [0.717, 1.165) is 11.1 Å². The van der Waals surface area contributed by atoms with Gasteiger partial charge in [-0.25, -0.2) is 4.39 Å². The molecule has 122 valence electrons. The molecule has 0 radical (unpaired) electrons. The summed E-state index contributed by atoms with van der Waals surface area (Å²) in [5.74, 6) is -0.598. The Bertz CT molecular complexity index is 699. The third kappa shape index (κ3) is 4.09. The molecule has 2 N–H and O–H groups in total. The topological polar surface area (TPSA) is 49.3 Å². The normalized spacial score (nSPS) is 11.3. The van der Waals surface area contributed by atoms with Gasteiger partial charge in [-0.3, -0.25) is 4.79 Å². The van der Waals surface area contributed by atoms with Gasteiger partial charge in [0, 0.05) is 17.1 Å². The molecule has 0 unspecified atom stereocenters. The van der Waals surface area contributed by atoms with Crippen LogP contribution < -0.4 is 5.32 Å². The van der Waals surface area contributed by atoms with Gasteiger partial charge in [0.05, 0.1) is 12.0 Å². The van der Waals surface area contributed by atoms with Crippen molar-refractivity contribution in [2.75, 3.05) is 0 Å². The lowest BCUT2D eigenvalue weighted by Gasteiger charge is -2.24. The van der Waals surface area contributed by atoms with Crippen molar-refractivity contribution in [3.8, 4) is 0 Å². The molecule has 1 amide bonds. The van der Waals surface area contributed by atoms with E-state index in [-0.39, 0.29) is 24.6 Å². The smallest absolute Gasteiger partial charge is 0.230 e. The van der Waals surface area contributed by atoms with Crippen LogP contribution in [0, 0.1) is 5.82 Å². The van der Waals surface area contributed by atoms with Gasteiger partial charge in [0.25, 0.3) is 0 Å². The number of aliphatic hydroxyl groups is 1. The predicted molar refractivity (Wildman–Crippen MR) is 88.6 cm³/mol. The van der Waals surface area contributed by atoms with Gasteiger partial charge in [0.15, 0.2) is 0 Å². The van der Waals surface area contributed by atoms with Crippen molar-refractivity contribution in [1.29, 1.82) is 0 Å². The highest BCUT2D eigenvalue weighted by Gasteiger charge is 2.29. The number of carbonyl (C=O) groups is 1. The van der Waals surface area contributed by atoms with Crippen molar-refractivity contribution in [1.82, 2.24) is 5.32 Å². The number of nitrogens with one attached hydrogen (secondary N) is 1. The average molecular weight is 336 g/mol. The van der Waals surface area contributed by atoms with Crippen LogP contribution in [-0.4, -0.2) is 11.0 Å². The summed E-state index contributed by atoms with van der Waals surface area (Å²) in [6.07, 6.45) is 0. The predicted octanol–water partition coefficient (Wildman–Crippen LogP) is 3.57. The fourth-order valence-corrected chi connectivity index (χ4v) is 2.39. The van der Waals surface area contributed by atoms with Crippen molar-refractivity contribution >= 4 is 17.5 Å². The summed E-state index contributed by atoms with van der Waals surface area (Å²) in [6.45, 7) is 3.55. The summed E-state index contributed by atoms with van der Waals surface area (Å²) in [5, 5.41) is 12.5.